The number of esters is 1. The first-order chi connectivity index (χ1) is 16.9. The highest BCUT2D eigenvalue weighted by Gasteiger charge is 2.41. The predicted octanol–water partition coefficient (Wildman–Crippen LogP) is 6.11. The average molecular weight is 493 g/mol. The smallest absolute Gasteiger partial charge is 0.336 e. The highest BCUT2D eigenvalue weighted by atomic mass is 35.5. The van der Waals surface area contributed by atoms with Crippen LogP contribution in [0.5, 0.6) is 0 Å². The molecule has 0 saturated heterocycles. The second-order valence-electron chi connectivity index (χ2n) is 9.05. The number of carbonyl (C=O) groups excluding carboxylic acids is 2. The second-order valence-corrected chi connectivity index (χ2v) is 9.49. The number of anilines is 1. The first-order valence-corrected chi connectivity index (χ1v) is 12.8. The standard InChI is InChI=1S/C29H33ClN2O3/c1-5-32(6-2)23-14-10-20(11-15-23)27-26(29(34)35-7-3)18(4)31-24-16-21(17-25(33)28(24)27)19-8-12-22(30)13-9-19/h8-15,21,27,31H,5-7,16-17H2,1-4H3/t21-,27-/m1/s1. The lowest BCUT2D eigenvalue weighted by Crippen LogP contribution is -2.36. The van der Waals surface area contributed by atoms with E-state index in [1.165, 1.54) is 0 Å². The number of Topliss-reactive ketones (excluding diaryl/α,β-unsaturated/α-hetero) is 1. The maximum Gasteiger partial charge on any atom is 0.336 e. The van der Waals surface area contributed by atoms with Crippen LogP contribution in [0.3, 0.4) is 0 Å². The lowest BCUT2D eigenvalue weighted by atomic mass is 9.71. The molecule has 0 aromatic heterocycles. The van der Waals surface area contributed by atoms with Crippen LogP contribution in [-0.2, 0) is 14.3 Å². The van der Waals surface area contributed by atoms with E-state index in [0.29, 0.717) is 29.0 Å². The van der Waals surface area contributed by atoms with Crippen LogP contribution in [0, 0.1) is 0 Å². The molecule has 1 heterocycles. The summed E-state index contributed by atoms with van der Waals surface area (Å²) in [7, 11) is 0. The summed E-state index contributed by atoms with van der Waals surface area (Å²) in [5.74, 6) is -0.705. The maximum atomic E-state index is 13.7. The number of halogens is 1. The van der Waals surface area contributed by atoms with Crippen LogP contribution in [0.25, 0.3) is 0 Å². The van der Waals surface area contributed by atoms with Gasteiger partial charge in [-0.2, -0.15) is 0 Å². The van der Waals surface area contributed by atoms with Gasteiger partial charge < -0.3 is 15.0 Å². The lowest BCUT2D eigenvalue weighted by Gasteiger charge is -2.37. The van der Waals surface area contributed by atoms with Gasteiger partial charge in [-0.05, 0) is 75.4 Å². The Morgan fingerprint density at radius 2 is 1.63 bits per heavy atom. The van der Waals surface area contributed by atoms with Gasteiger partial charge in [0, 0.05) is 53.1 Å². The molecule has 6 heteroatoms. The Labute approximate surface area is 212 Å². The Bertz CT molecular complexity index is 1160. The molecule has 0 radical (unpaired) electrons. The normalized spacial score (nSPS) is 19.9. The molecule has 4 rings (SSSR count). The zero-order valence-electron chi connectivity index (χ0n) is 20.9. The van der Waals surface area contributed by atoms with Gasteiger partial charge in [0.15, 0.2) is 5.78 Å². The molecule has 0 saturated carbocycles. The first-order valence-electron chi connectivity index (χ1n) is 12.4. The number of hydrogen-bond acceptors (Lipinski definition) is 5. The largest absolute Gasteiger partial charge is 0.463 e. The van der Waals surface area contributed by atoms with Crippen molar-refractivity contribution in [1.29, 1.82) is 0 Å². The molecule has 0 unspecified atom stereocenters. The summed E-state index contributed by atoms with van der Waals surface area (Å²) in [5.41, 5.74) is 5.97. The Kier molecular flexibility index (Phi) is 7.66. The quantitative estimate of drug-likeness (QED) is 0.472. The van der Waals surface area contributed by atoms with Gasteiger partial charge in [-0.25, -0.2) is 4.79 Å². The number of benzene rings is 2. The van der Waals surface area contributed by atoms with Crippen molar-refractivity contribution in [2.24, 2.45) is 0 Å². The molecule has 0 bridgehead atoms. The van der Waals surface area contributed by atoms with Crippen molar-refractivity contribution in [2.45, 2.75) is 52.4 Å². The van der Waals surface area contributed by atoms with Gasteiger partial charge in [-0.3, -0.25) is 4.79 Å². The summed E-state index contributed by atoms with van der Waals surface area (Å²) in [6.45, 7) is 10.1. The fourth-order valence-corrected chi connectivity index (χ4v) is 5.41. The zero-order chi connectivity index (χ0) is 25.1. The summed E-state index contributed by atoms with van der Waals surface area (Å²) in [6, 6.07) is 15.9. The average Bonchev–Trinajstić information content (AvgIpc) is 2.85. The number of rotatable bonds is 7. The van der Waals surface area contributed by atoms with Crippen LogP contribution in [0.4, 0.5) is 5.69 Å². The number of ketones is 1. The van der Waals surface area contributed by atoms with Crippen molar-refractivity contribution in [3.8, 4) is 0 Å². The predicted molar refractivity (Wildman–Crippen MR) is 141 cm³/mol. The fourth-order valence-electron chi connectivity index (χ4n) is 5.29. The van der Waals surface area contributed by atoms with Crippen LogP contribution < -0.4 is 10.2 Å². The summed E-state index contributed by atoms with van der Waals surface area (Å²) >= 11 is 6.07. The molecule has 0 fully saturated rings. The Balaban J connectivity index is 1.76. The van der Waals surface area contributed by atoms with E-state index in [-0.39, 0.29) is 24.3 Å². The van der Waals surface area contributed by atoms with Gasteiger partial charge in [0.2, 0.25) is 0 Å². The van der Waals surface area contributed by atoms with Gasteiger partial charge >= 0.3 is 5.97 Å². The summed E-state index contributed by atoms with van der Waals surface area (Å²) < 4.78 is 5.43. The number of carbonyl (C=O) groups is 2. The van der Waals surface area contributed by atoms with Crippen molar-refractivity contribution < 1.29 is 14.3 Å². The molecule has 5 nitrogen and oxygen atoms in total. The number of nitrogens with zero attached hydrogens (tertiary/aromatic N) is 1. The van der Waals surface area contributed by atoms with E-state index in [9.17, 15) is 9.59 Å². The van der Waals surface area contributed by atoms with E-state index in [0.717, 1.165) is 41.3 Å². The monoisotopic (exact) mass is 492 g/mol. The molecule has 1 aliphatic carbocycles. The number of nitrogens with one attached hydrogen (secondary N) is 1. The van der Waals surface area contributed by atoms with Gasteiger partial charge in [-0.15, -0.1) is 0 Å². The SMILES string of the molecule is CCOC(=O)C1=C(C)NC2=C(C(=O)C[C@H](c3ccc(Cl)cc3)C2)[C@@H]1c1ccc(N(CC)CC)cc1. The highest BCUT2D eigenvalue weighted by molar-refractivity contribution is 6.30. The third kappa shape index (κ3) is 5.01. The Hall–Kier alpha value is -3.05. The van der Waals surface area contributed by atoms with E-state index in [2.05, 4.69) is 36.2 Å². The third-order valence-corrected chi connectivity index (χ3v) is 7.27. The molecule has 2 aromatic rings. The molecule has 2 aliphatic rings. The van der Waals surface area contributed by atoms with Crippen molar-refractivity contribution >= 4 is 29.0 Å². The molecule has 0 amide bonds. The topological polar surface area (TPSA) is 58.6 Å². The fraction of sp³-hybridized carbons (Fsp3) is 0.379. The maximum absolute atomic E-state index is 13.7. The summed E-state index contributed by atoms with van der Waals surface area (Å²) in [5, 5.41) is 4.08. The molecule has 35 heavy (non-hydrogen) atoms. The Morgan fingerprint density at radius 1 is 1.00 bits per heavy atom. The Morgan fingerprint density at radius 3 is 2.23 bits per heavy atom. The van der Waals surface area contributed by atoms with Gasteiger partial charge in [0.05, 0.1) is 12.2 Å². The summed E-state index contributed by atoms with van der Waals surface area (Å²) in [6.07, 6.45) is 1.09. The molecule has 2 aromatic carbocycles. The molecule has 1 aliphatic heterocycles. The van der Waals surface area contributed by atoms with Crippen molar-refractivity contribution in [2.75, 3.05) is 24.6 Å². The molecule has 2 atom stereocenters. The number of ether oxygens (including phenoxy) is 1. The van der Waals surface area contributed by atoms with Crippen LogP contribution in [0.2, 0.25) is 5.02 Å². The minimum Gasteiger partial charge on any atom is -0.463 e. The number of allylic oxidation sites excluding steroid dienone is 3. The number of hydrogen-bond donors (Lipinski definition) is 1. The van der Waals surface area contributed by atoms with E-state index in [4.69, 9.17) is 16.3 Å². The van der Waals surface area contributed by atoms with E-state index >= 15 is 0 Å². The van der Waals surface area contributed by atoms with Crippen molar-refractivity contribution in [1.82, 2.24) is 5.32 Å². The molecule has 184 valence electrons. The zero-order valence-corrected chi connectivity index (χ0v) is 21.6. The lowest BCUT2D eigenvalue weighted by molar-refractivity contribution is -0.138. The van der Waals surface area contributed by atoms with E-state index in [1.807, 2.05) is 43.3 Å². The van der Waals surface area contributed by atoms with E-state index < -0.39 is 5.92 Å². The number of dihydropyridines is 1. The van der Waals surface area contributed by atoms with Crippen molar-refractivity contribution in [3.63, 3.8) is 0 Å². The minimum absolute atomic E-state index is 0.0609. The van der Waals surface area contributed by atoms with Crippen LogP contribution in [0.15, 0.2) is 71.1 Å². The van der Waals surface area contributed by atoms with Crippen LogP contribution in [-0.4, -0.2) is 31.4 Å². The molecular weight excluding hydrogens is 460 g/mol. The van der Waals surface area contributed by atoms with E-state index in [1.54, 1.807) is 6.92 Å². The van der Waals surface area contributed by atoms with Gasteiger partial charge in [-0.1, -0.05) is 35.9 Å². The second kappa shape index (κ2) is 10.7. The molecular formula is C29H33ClN2O3. The van der Waals surface area contributed by atoms with Crippen molar-refractivity contribution in [3.05, 3.63) is 87.2 Å². The third-order valence-electron chi connectivity index (χ3n) is 7.02. The minimum atomic E-state index is -0.449. The van der Waals surface area contributed by atoms with Crippen LogP contribution >= 0.6 is 11.6 Å². The van der Waals surface area contributed by atoms with Gasteiger partial charge in [0.1, 0.15) is 0 Å². The van der Waals surface area contributed by atoms with Gasteiger partial charge in [0.25, 0.3) is 0 Å². The highest BCUT2D eigenvalue weighted by Crippen LogP contribution is 2.46. The molecule has 1 N–H and O–H groups in total. The summed E-state index contributed by atoms with van der Waals surface area (Å²) in [4.78, 5) is 29.0. The molecule has 0 spiro atoms. The first kappa shape index (κ1) is 25.1. The van der Waals surface area contributed by atoms with Crippen LogP contribution in [0.1, 0.15) is 63.5 Å².